The van der Waals surface area contributed by atoms with Crippen molar-refractivity contribution in [2.24, 2.45) is 35.5 Å². The van der Waals surface area contributed by atoms with Crippen molar-refractivity contribution in [3.63, 3.8) is 0 Å². The molecule has 2 rings (SSSR count). The van der Waals surface area contributed by atoms with Gasteiger partial charge in [0.25, 0.3) is 0 Å². The van der Waals surface area contributed by atoms with E-state index in [9.17, 15) is 0 Å². The van der Waals surface area contributed by atoms with Crippen LogP contribution in [0.5, 0.6) is 0 Å². The third-order valence-corrected chi connectivity index (χ3v) is 8.66. The van der Waals surface area contributed by atoms with Crippen LogP contribution in [0.25, 0.3) is 0 Å². The molecule has 0 amide bonds. The van der Waals surface area contributed by atoms with Crippen molar-refractivity contribution >= 4 is 21.0 Å². The average molecular weight is 347 g/mol. The van der Waals surface area contributed by atoms with Crippen LogP contribution in [0.4, 0.5) is 0 Å². The SMILES string of the molecule is CC(C)[C@H]1CC[C@H](C)CC1PC1C[C@H](C)CC[C@H]1C(C)C.Cl. The Labute approximate surface area is 148 Å². The van der Waals surface area contributed by atoms with Gasteiger partial charge in [-0.25, -0.2) is 0 Å². The lowest BCUT2D eigenvalue weighted by Crippen LogP contribution is -2.35. The number of hydrogen-bond donors (Lipinski definition) is 0. The number of rotatable bonds is 4. The van der Waals surface area contributed by atoms with E-state index in [0.29, 0.717) is 0 Å². The standard InChI is InChI=1S/C20H39P.ClH/c1-13(2)17-9-7-15(5)11-19(17)21-20-12-16(6)8-10-18(20)14(3)4;/h13-21H,7-12H2,1-6H3;1H/t15-,16+,17+,18-,19?,20?;. The van der Waals surface area contributed by atoms with Crippen molar-refractivity contribution in [1.29, 1.82) is 0 Å². The van der Waals surface area contributed by atoms with Crippen molar-refractivity contribution in [2.45, 2.75) is 91.4 Å². The first-order chi connectivity index (χ1) is 9.88. The van der Waals surface area contributed by atoms with Gasteiger partial charge in [-0.3, -0.25) is 0 Å². The molecule has 0 aromatic carbocycles. The molecule has 132 valence electrons. The van der Waals surface area contributed by atoms with Crippen LogP contribution < -0.4 is 0 Å². The molecule has 2 heteroatoms. The predicted octanol–water partition coefficient (Wildman–Crippen LogP) is 7.01. The summed E-state index contributed by atoms with van der Waals surface area (Å²) in [6.07, 6.45) is 9.03. The first-order valence-corrected chi connectivity index (χ1v) is 10.8. The van der Waals surface area contributed by atoms with Gasteiger partial charge in [0.05, 0.1) is 0 Å². The largest absolute Gasteiger partial charge is 0.147 e. The fourth-order valence-electron chi connectivity index (χ4n) is 5.06. The summed E-state index contributed by atoms with van der Waals surface area (Å²) in [6.45, 7) is 14.9. The lowest BCUT2D eigenvalue weighted by atomic mass is 9.76. The van der Waals surface area contributed by atoms with Gasteiger partial charge in [-0.2, -0.15) is 0 Å². The summed E-state index contributed by atoms with van der Waals surface area (Å²) >= 11 is 0. The molecule has 0 saturated heterocycles. The summed E-state index contributed by atoms with van der Waals surface area (Å²) in [5.74, 6) is 5.79. The van der Waals surface area contributed by atoms with E-state index in [4.69, 9.17) is 0 Å². The Morgan fingerprint density at radius 1 is 0.682 bits per heavy atom. The van der Waals surface area contributed by atoms with Gasteiger partial charge in [-0.1, -0.05) is 54.4 Å². The lowest BCUT2D eigenvalue weighted by Gasteiger charge is -2.44. The van der Waals surface area contributed by atoms with Crippen LogP contribution >= 0.6 is 21.0 Å². The van der Waals surface area contributed by atoms with Crippen molar-refractivity contribution in [3.8, 4) is 0 Å². The molecule has 0 nitrogen and oxygen atoms in total. The maximum absolute atomic E-state index is 2.50. The van der Waals surface area contributed by atoms with Crippen LogP contribution in [0.2, 0.25) is 0 Å². The summed E-state index contributed by atoms with van der Waals surface area (Å²) in [7, 11) is 1.25. The number of hydrogen-bond acceptors (Lipinski definition) is 0. The van der Waals surface area contributed by atoms with Gasteiger partial charge in [-0.05, 0) is 72.5 Å². The molecule has 2 aliphatic carbocycles. The molecule has 0 aromatic rings. The van der Waals surface area contributed by atoms with E-state index >= 15 is 0 Å². The zero-order valence-electron chi connectivity index (χ0n) is 15.8. The Morgan fingerprint density at radius 3 is 1.36 bits per heavy atom. The highest BCUT2D eigenvalue weighted by Gasteiger charge is 2.37. The fourth-order valence-corrected chi connectivity index (χ4v) is 8.29. The van der Waals surface area contributed by atoms with E-state index in [1.54, 1.807) is 0 Å². The van der Waals surface area contributed by atoms with E-state index in [-0.39, 0.29) is 12.4 Å². The zero-order chi connectivity index (χ0) is 15.6. The molecule has 0 bridgehead atoms. The molecule has 0 aliphatic heterocycles. The van der Waals surface area contributed by atoms with Gasteiger partial charge in [0.1, 0.15) is 0 Å². The van der Waals surface area contributed by atoms with E-state index in [0.717, 1.165) is 46.8 Å². The first-order valence-electron chi connectivity index (χ1n) is 9.64. The highest BCUT2D eigenvalue weighted by Crippen LogP contribution is 2.51. The lowest BCUT2D eigenvalue weighted by molar-refractivity contribution is 0.226. The summed E-state index contributed by atoms with van der Waals surface area (Å²) < 4.78 is 0. The minimum absolute atomic E-state index is 0. The molecule has 3 unspecified atom stereocenters. The molecular formula is C20H40ClP. The van der Waals surface area contributed by atoms with Gasteiger partial charge in [-0.15, -0.1) is 21.0 Å². The van der Waals surface area contributed by atoms with Crippen molar-refractivity contribution in [2.75, 3.05) is 0 Å². The molecule has 0 spiro atoms. The maximum atomic E-state index is 2.50. The second-order valence-corrected chi connectivity index (χ2v) is 10.8. The van der Waals surface area contributed by atoms with Crippen LogP contribution in [0.3, 0.4) is 0 Å². The van der Waals surface area contributed by atoms with Gasteiger partial charge >= 0.3 is 0 Å². The maximum Gasteiger partial charge on any atom is -0.0201 e. The minimum Gasteiger partial charge on any atom is -0.147 e. The Morgan fingerprint density at radius 2 is 1.05 bits per heavy atom. The highest BCUT2D eigenvalue weighted by atomic mass is 35.5. The Hall–Kier alpha value is 0.720. The van der Waals surface area contributed by atoms with E-state index < -0.39 is 0 Å². The summed E-state index contributed by atoms with van der Waals surface area (Å²) in [5.41, 5.74) is 2.09. The smallest absolute Gasteiger partial charge is 0.0201 e. The van der Waals surface area contributed by atoms with Gasteiger partial charge < -0.3 is 0 Å². The van der Waals surface area contributed by atoms with E-state index in [2.05, 4.69) is 41.5 Å². The third-order valence-electron chi connectivity index (χ3n) is 6.47. The van der Waals surface area contributed by atoms with Gasteiger partial charge in [0, 0.05) is 0 Å². The quantitative estimate of drug-likeness (QED) is 0.480. The molecule has 2 fully saturated rings. The summed E-state index contributed by atoms with van der Waals surface area (Å²) in [6, 6.07) is 0. The molecule has 0 heterocycles. The zero-order valence-corrected chi connectivity index (χ0v) is 17.6. The Kier molecular flexibility index (Phi) is 8.75. The molecule has 7 atom stereocenters. The second-order valence-electron chi connectivity index (χ2n) is 9.03. The molecule has 22 heavy (non-hydrogen) atoms. The van der Waals surface area contributed by atoms with E-state index in [1.165, 1.54) is 47.1 Å². The molecule has 0 aromatic heterocycles. The number of halogens is 1. The second kappa shape index (κ2) is 9.27. The highest BCUT2D eigenvalue weighted by molar-refractivity contribution is 7.39. The topological polar surface area (TPSA) is 0 Å². The molecule has 0 radical (unpaired) electrons. The van der Waals surface area contributed by atoms with Crippen LogP contribution in [0.1, 0.15) is 80.1 Å². The van der Waals surface area contributed by atoms with Gasteiger partial charge in [0.15, 0.2) is 0 Å². The minimum atomic E-state index is 0. The molecular weight excluding hydrogens is 307 g/mol. The molecule has 2 aliphatic rings. The van der Waals surface area contributed by atoms with Crippen molar-refractivity contribution in [3.05, 3.63) is 0 Å². The van der Waals surface area contributed by atoms with Crippen LogP contribution in [-0.4, -0.2) is 11.3 Å². The monoisotopic (exact) mass is 346 g/mol. The normalized spacial score (nSPS) is 40.4. The van der Waals surface area contributed by atoms with E-state index in [1.807, 2.05) is 0 Å². The molecule has 2 saturated carbocycles. The van der Waals surface area contributed by atoms with Crippen LogP contribution in [0, 0.1) is 35.5 Å². The first kappa shape index (κ1) is 20.8. The Bertz CT molecular complexity index is 285. The fraction of sp³-hybridized carbons (Fsp3) is 1.00. The summed E-state index contributed by atoms with van der Waals surface area (Å²) in [5, 5.41) is 0. The van der Waals surface area contributed by atoms with Crippen molar-refractivity contribution in [1.82, 2.24) is 0 Å². The van der Waals surface area contributed by atoms with Crippen LogP contribution in [-0.2, 0) is 0 Å². The third kappa shape index (κ3) is 5.37. The molecule has 0 N–H and O–H groups in total. The van der Waals surface area contributed by atoms with Crippen LogP contribution in [0.15, 0.2) is 0 Å². The predicted molar refractivity (Wildman–Crippen MR) is 106 cm³/mol. The Balaban J connectivity index is 0.00000242. The van der Waals surface area contributed by atoms with Gasteiger partial charge in [0.2, 0.25) is 0 Å². The average Bonchev–Trinajstić information content (AvgIpc) is 2.38. The van der Waals surface area contributed by atoms with Crippen molar-refractivity contribution < 1.29 is 0 Å². The summed E-state index contributed by atoms with van der Waals surface area (Å²) in [4.78, 5) is 0.